The zero-order chi connectivity index (χ0) is 10.7. The zero-order valence-corrected chi connectivity index (χ0v) is 7.79. The molecule has 76 valence electrons. The number of ether oxygens (including phenoxy) is 1. The monoisotopic (exact) mass is 204 g/mol. The molecule has 0 amide bonds. The van der Waals surface area contributed by atoms with Gasteiger partial charge in [-0.3, -0.25) is 15.1 Å². The zero-order valence-electron chi connectivity index (χ0n) is 7.79. The molecule has 0 saturated carbocycles. The van der Waals surface area contributed by atoms with Gasteiger partial charge >= 0.3 is 0 Å². The predicted molar refractivity (Wildman–Crippen MR) is 55.2 cm³/mol. The van der Waals surface area contributed by atoms with E-state index in [0.717, 1.165) is 0 Å². The van der Waals surface area contributed by atoms with Crippen LogP contribution in [0.25, 0.3) is 0 Å². The molecule has 0 spiro atoms. The van der Waals surface area contributed by atoms with Crippen LogP contribution in [0.2, 0.25) is 0 Å². The van der Waals surface area contributed by atoms with Crippen molar-refractivity contribution >= 4 is 11.9 Å². The minimum atomic E-state index is -0.444. The van der Waals surface area contributed by atoms with Gasteiger partial charge in [0.25, 0.3) is 5.69 Å². The molecule has 0 N–H and O–H groups in total. The summed E-state index contributed by atoms with van der Waals surface area (Å²) >= 11 is 0. The lowest BCUT2D eigenvalue weighted by molar-refractivity contribution is -0.384. The van der Waals surface area contributed by atoms with Crippen molar-refractivity contribution in [3.63, 3.8) is 0 Å². The molecule has 1 heterocycles. The molecule has 1 aliphatic heterocycles. The Morgan fingerprint density at radius 1 is 1.33 bits per heavy atom. The lowest BCUT2D eigenvalue weighted by Crippen LogP contribution is -1.94. The summed E-state index contributed by atoms with van der Waals surface area (Å²) in [6.07, 6.45) is 3.46. The Morgan fingerprint density at radius 3 is 2.60 bits per heavy atom. The minimum Gasteiger partial charge on any atom is -0.456 e. The van der Waals surface area contributed by atoms with Crippen LogP contribution in [0.1, 0.15) is 0 Å². The summed E-state index contributed by atoms with van der Waals surface area (Å²) < 4.78 is 5.40. The first-order valence-electron chi connectivity index (χ1n) is 4.38. The molecule has 0 fully saturated rings. The number of nitrogens with zero attached hydrogens (tertiary/aromatic N) is 2. The highest BCUT2D eigenvalue weighted by atomic mass is 16.6. The Bertz CT molecular complexity index is 434. The van der Waals surface area contributed by atoms with Crippen molar-refractivity contribution in [3.8, 4) is 5.75 Å². The fourth-order valence-electron chi connectivity index (χ4n) is 1.18. The molecule has 5 heteroatoms. The maximum Gasteiger partial charge on any atom is 0.269 e. The van der Waals surface area contributed by atoms with E-state index in [9.17, 15) is 10.1 Å². The molecule has 0 aromatic heterocycles. The number of nitro groups is 1. The molecular weight excluding hydrogens is 196 g/mol. The summed E-state index contributed by atoms with van der Waals surface area (Å²) in [6.45, 7) is 0.627. The highest BCUT2D eigenvalue weighted by Crippen LogP contribution is 2.19. The van der Waals surface area contributed by atoms with E-state index in [4.69, 9.17) is 4.74 Å². The second-order valence-electron chi connectivity index (χ2n) is 2.95. The molecule has 1 aliphatic rings. The first-order chi connectivity index (χ1) is 7.25. The van der Waals surface area contributed by atoms with E-state index in [1.165, 1.54) is 12.1 Å². The summed E-state index contributed by atoms with van der Waals surface area (Å²) in [5, 5.41) is 10.4. The van der Waals surface area contributed by atoms with Crippen LogP contribution >= 0.6 is 0 Å². The molecule has 0 radical (unpaired) electrons. The van der Waals surface area contributed by atoms with Gasteiger partial charge in [-0.15, -0.1) is 0 Å². The van der Waals surface area contributed by atoms with E-state index in [-0.39, 0.29) is 5.69 Å². The van der Waals surface area contributed by atoms with Crippen LogP contribution in [0.15, 0.2) is 41.1 Å². The van der Waals surface area contributed by atoms with E-state index >= 15 is 0 Å². The van der Waals surface area contributed by atoms with Gasteiger partial charge in [-0.05, 0) is 18.2 Å². The maximum atomic E-state index is 10.4. The van der Waals surface area contributed by atoms with Crippen molar-refractivity contribution in [2.24, 2.45) is 4.99 Å². The number of non-ortho nitro benzene ring substituents is 1. The van der Waals surface area contributed by atoms with Crippen molar-refractivity contribution < 1.29 is 9.66 Å². The second-order valence-corrected chi connectivity index (χ2v) is 2.95. The van der Waals surface area contributed by atoms with Gasteiger partial charge in [0.15, 0.2) is 0 Å². The average molecular weight is 204 g/mol. The lowest BCUT2D eigenvalue weighted by atomic mass is 10.3. The SMILES string of the molecule is O=[N+]([O-])c1ccc(OC2=CCN=C2)cc1. The van der Waals surface area contributed by atoms with Gasteiger partial charge in [-0.25, -0.2) is 0 Å². The highest BCUT2D eigenvalue weighted by molar-refractivity contribution is 5.78. The third kappa shape index (κ3) is 2.19. The normalized spacial score (nSPS) is 13.7. The fraction of sp³-hybridized carbons (Fsp3) is 0.100. The van der Waals surface area contributed by atoms with E-state index < -0.39 is 4.92 Å². The summed E-state index contributed by atoms with van der Waals surface area (Å²) in [7, 11) is 0. The Hall–Kier alpha value is -2.17. The first kappa shape index (κ1) is 9.39. The van der Waals surface area contributed by atoms with E-state index in [2.05, 4.69) is 4.99 Å². The Morgan fingerprint density at radius 2 is 2.07 bits per heavy atom. The van der Waals surface area contributed by atoms with Gasteiger partial charge in [-0.1, -0.05) is 0 Å². The van der Waals surface area contributed by atoms with Gasteiger partial charge in [0.1, 0.15) is 11.5 Å². The lowest BCUT2D eigenvalue weighted by Gasteiger charge is -2.02. The first-order valence-corrected chi connectivity index (χ1v) is 4.38. The van der Waals surface area contributed by atoms with Crippen molar-refractivity contribution in [1.82, 2.24) is 0 Å². The predicted octanol–water partition coefficient (Wildman–Crippen LogP) is 1.94. The molecule has 2 rings (SSSR count). The van der Waals surface area contributed by atoms with Gasteiger partial charge in [0.05, 0.1) is 17.7 Å². The molecule has 1 aromatic carbocycles. The number of hydrogen-bond donors (Lipinski definition) is 0. The van der Waals surface area contributed by atoms with Crippen molar-refractivity contribution in [2.45, 2.75) is 0 Å². The summed E-state index contributed by atoms with van der Waals surface area (Å²) in [5.74, 6) is 1.24. The second kappa shape index (κ2) is 3.91. The topological polar surface area (TPSA) is 64.7 Å². The van der Waals surface area contributed by atoms with Crippen LogP contribution in [-0.2, 0) is 0 Å². The van der Waals surface area contributed by atoms with E-state index in [1.807, 2.05) is 6.08 Å². The number of allylic oxidation sites excluding steroid dienone is 1. The molecule has 15 heavy (non-hydrogen) atoms. The molecule has 0 saturated heterocycles. The van der Waals surface area contributed by atoms with Crippen molar-refractivity contribution in [2.75, 3.05) is 6.54 Å². The third-order valence-corrected chi connectivity index (χ3v) is 1.90. The van der Waals surface area contributed by atoms with Crippen LogP contribution in [0.3, 0.4) is 0 Å². The van der Waals surface area contributed by atoms with E-state index in [0.29, 0.717) is 18.1 Å². The smallest absolute Gasteiger partial charge is 0.269 e. The number of aliphatic imine (C=N–C) groups is 1. The molecule has 0 bridgehead atoms. The number of benzene rings is 1. The van der Waals surface area contributed by atoms with Gasteiger partial charge in [0, 0.05) is 12.1 Å². The average Bonchev–Trinajstić information content (AvgIpc) is 2.71. The van der Waals surface area contributed by atoms with Gasteiger partial charge in [0.2, 0.25) is 0 Å². The summed E-state index contributed by atoms with van der Waals surface area (Å²) in [4.78, 5) is 13.9. The van der Waals surface area contributed by atoms with Crippen molar-refractivity contribution in [1.29, 1.82) is 0 Å². The molecule has 1 aromatic rings. The maximum absolute atomic E-state index is 10.4. The molecule has 0 aliphatic carbocycles. The van der Waals surface area contributed by atoms with Crippen LogP contribution in [0, 0.1) is 10.1 Å². The summed E-state index contributed by atoms with van der Waals surface area (Å²) in [6, 6.07) is 5.93. The fourth-order valence-corrected chi connectivity index (χ4v) is 1.18. The van der Waals surface area contributed by atoms with E-state index in [1.54, 1.807) is 18.3 Å². The van der Waals surface area contributed by atoms with Gasteiger partial charge < -0.3 is 4.74 Å². The van der Waals surface area contributed by atoms with Crippen LogP contribution < -0.4 is 4.74 Å². The number of hydrogen-bond acceptors (Lipinski definition) is 4. The largest absolute Gasteiger partial charge is 0.456 e. The molecular formula is C10H8N2O3. The third-order valence-electron chi connectivity index (χ3n) is 1.90. The number of nitro benzene ring substituents is 1. The van der Waals surface area contributed by atoms with Crippen LogP contribution in [0.4, 0.5) is 5.69 Å². The number of rotatable bonds is 3. The van der Waals surface area contributed by atoms with Crippen molar-refractivity contribution in [3.05, 3.63) is 46.2 Å². The Kier molecular flexibility index (Phi) is 2.45. The quantitative estimate of drug-likeness (QED) is 0.558. The standard InChI is InChI=1S/C10H8N2O3/c13-12(14)8-1-3-9(4-2-8)15-10-5-6-11-7-10/h1-5,7H,6H2. The van der Waals surface area contributed by atoms with Gasteiger partial charge in [-0.2, -0.15) is 0 Å². The minimum absolute atomic E-state index is 0.0522. The molecule has 0 atom stereocenters. The van der Waals surface area contributed by atoms with Crippen LogP contribution in [-0.4, -0.2) is 17.7 Å². The highest BCUT2D eigenvalue weighted by Gasteiger charge is 2.06. The molecule has 5 nitrogen and oxygen atoms in total. The van der Waals surface area contributed by atoms with Crippen LogP contribution in [0.5, 0.6) is 5.75 Å². The molecule has 0 unspecified atom stereocenters. The Balaban J connectivity index is 2.10. The Labute approximate surface area is 85.9 Å². The summed E-state index contributed by atoms with van der Waals surface area (Å²) in [5.41, 5.74) is 0.0522.